The Morgan fingerprint density at radius 2 is 2.00 bits per heavy atom. The summed E-state index contributed by atoms with van der Waals surface area (Å²) in [7, 11) is 1.71. The molecule has 1 heterocycles. The zero-order valence-corrected chi connectivity index (χ0v) is 17.6. The first-order chi connectivity index (χ1) is 6.74. The summed E-state index contributed by atoms with van der Waals surface area (Å²) in [5, 5.41) is 3.93. The quantitative estimate of drug-likeness (QED) is 0.408. The summed E-state index contributed by atoms with van der Waals surface area (Å²) in [6.07, 6.45) is 3.84. The van der Waals surface area contributed by atoms with E-state index in [4.69, 9.17) is 0 Å². The number of carbonyl (C=O) groups is 1. The van der Waals surface area contributed by atoms with E-state index < -0.39 is 0 Å². The topological polar surface area (TPSA) is 44.1 Å². The van der Waals surface area contributed by atoms with E-state index in [1.165, 1.54) is 0 Å². The molecule has 3 nitrogen and oxygen atoms in total. The van der Waals surface area contributed by atoms with Crippen molar-refractivity contribution in [3.05, 3.63) is 41.3 Å². The van der Waals surface area contributed by atoms with Crippen molar-refractivity contribution in [3.8, 4) is 0 Å². The maximum absolute atomic E-state index is 11.6. The number of hydrogen-bond acceptors (Lipinski definition) is 2. The Hall–Kier alpha value is -1.73. The van der Waals surface area contributed by atoms with Gasteiger partial charge in [0, 0.05) is 44.1 Å². The fourth-order valence-electron chi connectivity index (χ4n) is 1.16. The summed E-state index contributed by atoms with van der Waals surface area (Å²) in [5.74, 6) is 0.964. The molecule has 1 aromatic rings. The summed E-state index contributed by atoms with van der Waals surface area (Å²) >= 11 is 0. The van der Waals surface area contributed by atoms with Gasteiger partial charge in [0.15, 0.2) is 0 Å². The molecule has 0 saturated carbocycles. The molecule has 1 radical (unpaired) electrons. The van der Waals surface area contributed by atoms with Crippen LogP contribution in [0.15, 0.2) is 24.5 Å². The number of carbonyl (C=O) groups excluding carboxylic acids is 1. The molecule has 0 N–H and O–H groups in total. The van der Waals surface area contributed by atoms with E-state index in [0.29, 0.717) is 13.0 Å². The first kappa shape index (κ1) is 16.7. The van der Waals surface area contributed by atoms with E-state index in [-0.39, 0.29) is 25.3 Å². The van der Waals surface area contributed by atoms with E-state index in [9.17, 15) is 4.79 Å². The molecular formula is C11H14N2ORfRh-2. The van der Waals surface area contributed by atoms with Gasteiger partial charge in [-0.25, -0.2) is 0 Å². The normalized spacial score (nSPS) is 8.62. The Balaban J connectivity index is 0. The summed E-state index contributed by atoms with van der Waals surface area (Å²) in [6.45, 7) is 2.36. The van der Waals surface area contributed by atoms with Crippen LogP contribution < -0.4 is 0 Å². The van der Waals surface area contributed by atoms with E-state index in [0.717, 1.165) is 11.5 Å². The molecule has 5 heteroatoms. The molecule has 0 fully saturated rings. The first-order valence-corrected chi connectivity index (χ1v) is 4.54. The molecule has 0 aliphatic heterocycles. The predicted octanol–water partition coefficient (Wildman–Crippen LogP) is 1.79. The van der Waals surface area contributed by atoms with Gasteiger partial charge in [0.05, 0.1) is 0 Å². The van der Waals surface area contributed by atoms with Crippen LogP contribution in [0.2, 0.25) is 0 Å². The Bertz CT molecular complexity index is 295. The molecule has 1 rings (SSSR count). The van der Waals surface area contributed by atoms with Crippen molar-refractivity contribution in [1.29, 1.82) is 0 Å². The fourth-order valence-corrected chi connectivity index (χ4v) is 1.16. The van der Waals surface area contributed by atoms with Gasteiger partial charge in [0.25, 0.3) is 0 Å². The minimum Gasteiger partial charge on any atom is -0.689 e. The standard InChI is InChI=1S/C11H14N2O.Rf.Rh/c1-9(8-12-2)11(14)7-10-3-5-13-6-4-10;;/h3-6H,7-8H2,1-2H3;;/q-2;;. The molecule has 0 spiro atoms. The number of Topliss-reactive ketones (excluding diaryl/α,β-unsaturated/α-hetero) is 1. The fraction of sp³-hybridized carbons (Fsp3) is 0.364. The molecule has 0 unspecified atom stereocenters. The van der Waals surface area contributed by atoms with Crippen molar-refractivity contribution >= 4 is 5.78 Å². The molecule has 0 aromatic carbocycles. The minimum absolute atomic E-state index is 0. The average molecular weight is 560 g/mol. The van der Waals surface area contributed by atoms with Crippen molar-refractivity contribution in [2.24, 2.45) is 0 Å². The van der Waals surface area contributed by atoms with Crippen molar-refractivity contribution in [3.63, 3.8) is 0 Å². The van der Waals surface area contributed by atoms with E-state index in [1.807, 2.05) is 19.1 Å². The Morgan fingerprint density at radius 1 is 1.44 bits per heavy atom. The largest absolute Gasteiger partial charge is 0.689 e. The molecule has 16 heavy (non-hydrogen) atoms. The van der Waals surface area contributed by atoms with Crippen molar-refractivity contribution in [2.45, 2.75) is 13.3 Å². The zero-order chi connectivity index (χ0) is 10.4. The molecule has 1 aromatic heterocycles. The third kappa shape index (κ3) is 5.23. The summed E-state index contributed by atoms with van der Waals surface area (Å²) in [6, 6.07) is 3.71. The number of pyridine rings is 1. The maximum atomic E-state index is 11.6. The third-order valence-corrected chi connectivity index (χ3v) is 1.99. The molecule has 87 valence electrons. The second-order valence-corrected chi connectivity index (χ2v) is 3.21. The number of nitrogens with zero attached hydrogens (tertiary/aromatic N) is 2. The average Bonchev–Trinajstić information content (AvgIpc) is 2.19. The third-order valence-electron chi connectivity index (χ3n) is 1.99. The van der Waals surface area contributed by atoms with Crippen LogP contribution in [0.5, 0.6) is 0 Å². The number of rotatable bonds is 5. The minimum atomic E-state index is 0. The van der Waals surface area contributed by atoms with Gasteiger partial charge < -0.3 is 16.0 Å². The zero-order valence-electron chi connectivity index (χ0n) is 9.57. The van der Waals surface area contributed by atoms with Crippen molar-refractivity contribution in [1.82, 2.24) is 4.98 Å². The Morgan fingerprint density at radius 3 is 2.50 bits per heavy atom. The van der Waals surface area contributed by atoms with Crippen LogP contribution in [-0.2, 0) is 30.7 Å². The van der Waals surface area contributed by atoms with Crippen LogP contribution in [-0.4, -0.2) is 24.4 Å². The molecule has 0 amide bonds. The summed E-state index contributed by atoms with van der Waals surface area (Å²) in [5.41, 5.74) is 1.00. The van der Waals surface area contributed by atoms with E-state index in [1.54, 1.807) is 19.4 Å². The second kappa shape index (κ2) is 8.57. The molecule has 0 aliphatic carbocycles. The molecule has 0 atom stereocenters. The molecule has 0 bridgehead atoms. The van der Waals surface area contributed by atoms with Crippen molar-refractivity contribution in [2.75, 3.05) is 13.6 Å². The van der Waals surface area contributed by atoms with Gasteiger partial charge in [-0.15, -0.1) is 0 Å². The summed E-state index contributed by atoms with van der Waals surface area (Å²) in [4.78, 5) is 15.5. The van der Waals surface area contributed by atoms with Gasteiger partial charge in [0.1, 0.15) is 0 Å². The maximum Gasteiger partial charge on any atom is 0.0270 e. The first-order valence-electron chi connectivity index (χ1n) is 4.54. The summed E-state index contributed by atoms with van der Waals surface area (Å²) < 4.78 is 0. The van der Waals surface area contributed by atoms with Gasteiger partial charge in [-0.3, -0.25) is 11.5 Å². The van der Waals surface area contributed by atoms with Crippen molar-refractivity contribution < 1.29 is 24.3 Å². The van der Waals surface area contributed by atoms with Gasteiger partial charge in [-0.1, -0.05) is 0 Å². The van der Waals surface area contributed by atoms with Crippen LogP contribution in [0.4, 0.5) is 0 Å². The molecule has 0 aliphatic rings. The SMILES string of the molecule is C[N-]C[C-](C)C(=O)Cc1ccncc1.[Rf].[Rh]. The second-order valence-electron chi connectivity index (χ2n) is 3.21. The number of hydrogen-bond donors (Lipinski definition) is 0. The predicted molar refractivity (Wildman–Crippen MR) is 56.0 cm³/mol. The monoisotopic (exact) mass is 560 g/mol. The van der Waals surface area contributed by atoms with Crippen LogP contribution >= 0.6 is 0 Å². The van der Waals surface area contributed by atoms with Crippen LogP contribution in [0.1, 0.15) is 12.5 Å². The Kier molecular flexibility index (Phi) is 8.94. The van der Waals surface area contributed by atoms with E-state index in [2.05, 4.69) is 10.3 Å². The smallest absolute Gasteiger partial charge is 0.0270 e. The van der Waals surface area contributed by atoms with Gasteiger partial charge in [0.2, 0.25) is 0 Å². The van der Waals surface area contributed by atoms with Crippen LogP contribution in [0.25, 0.3) is 5.32 Å². The van der Waals surface area contributed by atoms with Crippen LogP contribution in [0, 0.1) is 5.92 Å². The molecule has 0 saturated heterocycles. The van der Waals surface area contributed by atoms with Gasteiger partial charge >= 0.3 is 0 Å². The van der Waals surface area contributed by atoms with Crippen LogP contribution in [0.3, 0.4) is 0 Å². The number of aromatic nitrogens is 1. The number of ketones is 1. The van der Waals surface area contributed by atoms with Gasteiger partial charge in [-0.2, -0.15) is 14.0 Å². The van der Waals surface area contributed by atoms with Gasteiger partial charge in [-0.05, 0) is 17.7 Å². The Labute approximate surface area is 103 Å². The van der Waals surface area contributed by atoms with E-state index >= 15 is 0 Å². The molecular weight excluding hydrogens is 546 g/mol.